The highest BCUT2D eigenvalue weighted by Crippen LogP contribution is 2.13. The summed E-state index contributed by atoms with van der Waals surface area (Å²) < 4.78 is 5.39. The third-order valence-electron chi connectivity index (χ3n) is 3.29. The first-order valence-electron chi connectivity index (χ1n) is 7.00. The topological polar surface area (TPSA) is 62.9 Å². The summed E-state index contributed by atoms with van der Waals surface area (Å²) in [6, 6.07) is 0.455. The van der Waals surface area contributed by atoms with Gasteiger partial charge in [0.15, 0.2) is 5.96 Å². The maximum Gasteiger partial charge on any atom is 0.188 e. The summed E-state index contributed by atoms with van der Waals surface area (Å²) in [6.45, 7) is 11.9. The van der Waals surface area contributed by atoms with Gasteiger partial charge in [-0.15, -0.1) is 0 Å². The van der Waals surface area contributed by atoms with Crippen molar-refractivity contribution in [3.63, 3.8) is 0 Å². The SMILES string of the molecule is CCCNC(N)=NCC(C(C)C)N1CCOCC1. The van der Waals surface area contributed by atoms with Gasteiger partial charge < -0.3 is 15.8 Å². The van der Waals surface area contributed by atoms with E-state index in [1.807, 2.05) is 0 Å². The molecule has 0 spiro atoms. The van der Waals surface area contributed by atoms with Gasteiger partial charge >= 0.3 is 0 Å². The fourth-order valence-electron chi connectivity index (χ4n) is 2.16. The fraction of sp³-hybridized carbons (Fsp3) is 0.923. The maximum absolute atomic E-state index is 5.83. The van der Waals surface area contributed by atoms with Crippen LogP contribution in [0.25, 0.3) is 0 Å². The first-order valence-corrected chi connectivity index (χ1v) is 7.00. The van der Waals surface area contributed by atoms with Crippen LogP contribution in [0.2, 0.25) is 0 Å². The number of rotatable bonds is 6. The minimum Gasteiger partial charge on any atom is -0.379 e. The van der Waals surface area contributed by atoms with E-state index in [0.717, 1.165) is 45.8 Å². The van der Waals surface area contributed by atoms with Crippen LogP contribution in [0.5, 0.6) is 0 Å². The van der Waals surface area contributed by atoms with Crippen molar-refractivity contribution in [1.82, 2.24) is 10.2 Å². The van der Waals surface area contributed by atoms with E-state index in [1.165, 1.54) is 0 Å². The molecule has 5 heteroatoms. The number of nitrogens with one attached hydrogen (secondary N) is 1. The van der Waals surface area contributed by atoms with Gasteiger partial charge in [-0.2, -0.15) is 0 Å². The lowest BCUT2D eigenvalue weighted by atomic mass is 10.0. The summed E-state index contributed by atoms with van der Waals surface area (Å²) in [5.74, 6) is 1.14. The van der Waals surface area contributed by atoms with Crippen LogP contribution in [0.15, 0.2) is 4.99 Å². The number of hydrogen-bond donors (Lipinski definition) is 2. The van der Waals surface area contributed by atoms with Gasteiger partial charge in [0.05, 0.1) is 19.8 Å². The van der Waals surface area contributed by atoms with Crippen molar-refractivity contribution >= 4 is 5.96 Å². The van der Waals surface area contributed by atoms with Gasteiger partial charge in [-0.05, 0) is 12.3 Å². The average molecular weight is 256 g/mol. The maximum atomic E-state index is 5.83. The zero-order valence-corrected chi connectivity index (χ0v) is 12.0. The van der Waals surface area contributed by atoms with Gasteiger partial charge in [-0.1, -0.05) is 20.8 Å². The van der Waals surface area contributed by atoms with Gasteiger partial charge in [-0.3, -0.25) is 9.89 Å². The summed E-state index contributed by atoms with van der Waals surface area (Å²) in [5, 5.41) is 3.11. The number of ether oxygens (including phenoxy) is 1. The molecule has 1 saturated heterocycles. The van der Waals surface area contributed by atoms with Crippen LogP contribution in [-0.2, 0) is 4.74 Å². The Morgan fingerprint density at radius 2 is 2.06 bits per heavy atom. The minimum atomic E-state index is 0.455. The largest absolute Gasteiger partial charge is 0.379 e. The third-order valence-corrected chi connectivity index (χ3v) is 3.29. The molecule has 18 heavy (non-hydrogen) atoms. The van der Waals surface area contributed by atoms with Crippen LogP contribution in [0, 0.1) is 5.92 Å². The monoisotopic (exact) mass is 256 g/mol. The van der Waals surface area contributed by atoms with Crippen molar-refractivity contribution in [2.75, 3.05) is 39.4 Å². The molecule has 1 rings (SSSR count). The van der Waals surface area contributed by atoms with Crippen molar-refractivity contribution < 1.29 is 4.74 Å². The minimum absolute atomic E-state index is 0.455. The summed E-state index contributed by atoms with van der Waals surface area (Å²) in [6.07, 6.45) is 1.06. The average Bonchev–Trinajstić information content (AvgIpc) is 2.37. The molecule has 1 aliphatic rings. The van der Waals surface area contributed by atoms with Crippen molar-refractivity contribution in [2.24, 2.45) is 16.6 Å². The van der Waals surface area contributed by atoms with Crippen molar-refractivity contribution in [3.8, 4) is 0 Å². The predicted molar refractivity (Wildman–Crippen MR) is 75.8 cm³/mol. The number of guanidine groups is 1. The van der Waals surface area contributed by atoms with E-state index in [4.69, 9.17) is 10.5 Å². The Hall–Kier alpha value is -0.810. The molecule has 1 heterocycles. The number of hydrogen-bond acceptors (Lipinski definition) is 3. The molecule has 106 valence electrons. The van der Waals surface area contributed by atoms with Crippen LogP contribution in [-0.4, -0.2) is 56.3 Å². The van der Waals surface area contributed by atoms with E-state index >= 15 is 0 Å². The quantitative estimate of drug-likeness (QED) is 0.541. The molecule has 0 saturated carbocycles. The Balaban J connectivity index is 2.46. The molecular formula is C13H28N4O. The van der Waals surface area contributed by atoms with Gasteiger partial charge in [0.25, 0.3) is 0 Å². The van der Waals surface area contributed by atoms with Gasteiger partial charge in [0.1, 0.15) is 0 Å². The van der Waals surface area contributed by atoms with E-state index in [1.54, 1.807) is 0 Å². The molecule has 5 nitrogen and oxygen atoms in total. The number of nitrogens with zero attached hydrogens (tertiary/aromatic N) is 2. The molecule has 1 unspecified atom stereocenters. The molecule has 0 amide bonds. The highest BCUT2D eigenvalue weighted by Gasteiger charge is 2.23. The second kappa shape index (κ2) is 8.32. The van der Waals surface area contributed by atoms with E-state index in [0.29, 0.717) is 17.9 Å². The molecule has 1 fully saturated rings. The smallest absolute Gasteiger partial charge is 0.188 e. The molecule has 0 aromatic rings. The molecule has 1 aliphatic heterocycles. The molecule has 0 radical (unpaired) electrons. The first-order chi connectivity index (χ1) is 8.65. The summed E-state index contributed by atoms with van der Waals surface area (Å²) in [5.41, 5.74) is 5.83. The molecule has 0 aliphatic carbocycles. The first kappa shape index (κ1) is 15.2. The Bertz CT molecular complexity index is 249. The second-order valence-electron chi connectivity index (χ2n) is 5.11. The fourth-order valence-corrected chi connectivity index (χ4v) is 2.16. The summed E-state index contributed by atoms with van der Waals surface area (Å²) in [7, 11) is 0. The molecule has 0 aromatic heterocycles. The van der Waals surface area contributed by atoms with E-state index in [2.05, 4.69) is 36.0 Å². The van der Waals surface area contributed by atoms with Crippen LogP contribution in [0.3, 0.4) is 0 Å². The standard InChI is InChI=1S/C13H28N4O/c1-4-5-15-13(14)16-10-12(11(2)3)17-6-8-18-9-7-17/h11-12H,4-10H2,1-3H3,(H3,14,15,16). The Labute approximate surface area is 111 Å². The Morgan fingerprint density at radius 1 is 1.39 bits per heavy atom. The summed E-state index contributed by atoms with van der Waals surface area (Å²) >= 11 is 0. The van der Waals surface area contributed by atoms with Gasteiger partial charge in [-0.25, -0.2) is 0 Å². The highest BCUT2D eigenvalue weighted by molar-refractivity contribution is 5.77. The molecule has 0 aromatic carbocycles. The zero-order valence-electron chi connectivity index (χ0n) is 12.0. The lowest BCUT2D eigenvalue weighted by Crippen LogP contribution is -2.48. The van der Waals surface area contributed by atoms with Crippen molar-refractivity contribution in [2.45, 2.75) is 33.2 Å². The van der Waals surface area contributed by atoms with Gasteiger partial charge in [0.2, 0.25) is 0 Å². The highest BCUT2D eigenvalue weighted by atomic mass is 16.5. The zero-order chi connectivity index (χ0) is 13.4. The van der Waals surface area contributed by atoms with E-state index in [9.17, 15) is 0 Å². The van der Waals surface area contributed by atoms with Crippen LogP contribution >= 0.6 is 0 Å². The third kappa shape index (κ3) is 5.23. The van der Waals surface area contributed by atoms with Crippen molar-refractivity contribution in [3.05, 3.63) is 0 Å². The van der Waals surface area contributed by atoms with E-state index in [-0.39, 0.29) is 0 Å². The summed E-state index contributed by atoms with van der Waals surface area (Å²) in [4.78, 5) is 6.92. The van der Waals surface area contributed by atoms with Crippen LogP contribution in [0.1, 0.15) is 27.2 Å². The predicted octanol–water partition coefficient (Wildman–Crippen LogP) is 0.658. The molecule has 0 bridgehead atoms. The van der Waals surface area contributed by atoms with Crippen LogP contribution < -0.4 is 11.1 Å². The molecule has 3 N–H and O–H groups in total. The van der Waals surface area contributed by atoms with E-state index < -0.39 is 0 Å². The second-order valence-corrected chi connectivity index (χ2v) is 5.11. The Kier molecular flexibility index (Phi) is 7.05. The molecular weight excluding hydrogens is 228 g/mol. The van der Waals surface area contributed by atoms with Gasteiger partial charge in [0, 0.05) is 25.7 Å². The van der Waals surface area contributed by atoms with Crippen LogP contribution in [0.4, 0.5) is 0 Å². The number of aliphatic imine (C=N–C) groups is 1. The number of nitrogens with two attached hydrogens (primary N) is 1. The lowest BCUT2D eigenvalue weighted by Gasteiger charge is -2.36. The lowest BCUT2D eigenvalue weighted by molar-refractivity contribution is 0.00868. The normalized spacial score (nSPS) is 20.1. The van der Waals surface area contributed by atoms with Crippen molar-refractivity contribution in [1.29, 1.82) is 0 Å². The number of morpholine rings is 1. The molecule has 1 atom stereocenters. The Morgan fingerprint density at radius 3 is 2.61 bits per heavy atom.